The molecule has 0 unspecified atom stereocenters. The number of aromatic nitrogens is 3. The van der Waals surface area contributed by atoms with E-state index in [1.54, 1.807) is 17.7 Å². The molecule has 0 aliphatic rings. The van der Waals surface area contributed by atoms with Crippen LogP contribution in [0.4, 0.5) is 0 Å². The fourth-order valence-electron chi connectivity index (χ4n) is 6.10. The second-order valence-corrected chi connectivity index (χ2v) is 11.9. The summed E-state index contributed by atoms with van der Waals surface area (Å²) in [5.41, 5.74) is 7.11. The first-order valence-electron chi connectivity index (χ1n) is 12.9. The van der Waals surface area contributed by atoms with Gasteiger partial charge in [-0.15, -0.1) is 22.7 Å². The molecule has 5 aromatic carbocycles. The second-order valence-electron chi connectivity index (χ2n) is 9.83. The van der Waals surface area contributed by atoms with Crippen LogP contribution in [0.1, 0.15) is 0 Å². The summed E-state index contributed by atoms with van der Waals surface area (Å²) in [6.45, 7) is 0. The van der Waals surface area contributed by atoms with Crippen molar-refractivity contribution in [1.82, 2.24) is 14.5 Å². The minimum Gasteiger partial charge on any atom is -0.308 e. The number of benzene rings is 5. The first-order valence-corrected chi connectivity index (χ1v) is 14.5. The minimum atomic E-state index is 1.04. The van der Waals surface area contributed by atoms with Crippen molar-refractivity contribution in [1.29, 1.82) is 0 Å². The maximum atomic E-state index is 4.81. The summed E-state index contributed by atoms with van der Waals surface area (Å²) < 4.78 is 7.47. The number of para-hydroxylation sites is 1. The van der Waals surface area contributed by atoms with E-state index >= 15 is 0 Å². The van der Waals surface area contributed by atoms with Crippen LogP contribution in [0.3, 0.4) is 0 Å². The van der Waals surface area contributed by atoms with Crippen LogP contribution in [0.2, 0.25) is 0 Å². The Hall–Kier alpha value is -4.58. The van der Waals surface area contributed by atoms with E-state index in [-0.39, 0.29) is 0 Å². The normalized spacial score (nSPS) is 12.1. The lowest BCUT2D eigenvalue weighted by Gasteiger charge is -2.10. The van der Waals surface area contributed by atoms with E-state index in [1.807, 2.05) is 17.5 Å². The molecule has 0 spiro atoms. The van der Waals surface area contributed by atoms with Crippen molar-refractivity contribution in [2.75, 3.05) is 0 Å². The van der Waals surface area contributed by atoms with Crippen LogP contribution >= 0.6 is 22.7 Å². The minimum absolute atomic E-state index is 1.04. The van der Waals surface area contributed by atoms with Gasteiger partial charge in [0, 0.05) is 48.2 Å². The van der Waals surface area contributed by atoms with Crippen LogP contribution in [0, 0.1) is 0 Å². The molecule has 0 amide bonds. The van der Waals surface area contributed by atoms with Crippen LogP contribution in [0.25, 0.3) is 79.1 Å². The van der Waals surface area contributed by atoms with Crippen LogP contribution in [0.15, 0.2) is 116 Å². The molecule has 0 aliphatic carbocycles. The van der Waals surface area contributed by atoms with E-state index in [4.69, 9.17) is 4.98 Å². The van der Waals surface area contributed by atoms with Crippen LogP contribution in [-0.2, 0) is 0 Å². The van der Waals surface area contributed by atoms with Crippen molar-refractivity contribution in [3.05, 3.63) is 116 Å². The Balaban J connectivity index is 1.50. The Labute approximate surface area is 231 Å². The molecule has 182 valence electrons. The van der Waals surface area contributed by atoms with Crippen molar-refractivity contribution in [3.63, 3.8) is 0 Å². The summed E-state index contributed by atoms with van der Waals surface area (Å²) >= 11 is 3.69. The van der Waals surface area contributed by atoms with Gasteiger partial charge in [0.1, 0.15) is 6.33 Å². The highest BCUT2D eigenvalue weighted by molar-refractivity contribution is 7.29. The zero-order valence-electron chi connectivity index (χ0n) is 20.6. The molecular formula is C34H19N3S2. The van der Waals surface area contributed by atoms with E-state index < -0.39 is 0 Å². The molecule has 3 nitrogen and oxygen atoms in total. The lowest BCUT2D eigenvalue weighted by atomic mass is 10.0. The average molecular weight is 534 g/mol. The summed E-state index contributed by atoms with van der Waals surface area (Å²) in [5, 5.41) is 6.45. The highest BCUT2D eigenvalue weighted by Gasteiger charge is 2.24. The molecule has 0 atom stereocenters. The molecule has 39 heavy (non-hydrogen) atoms. The number of hydrogen-bond donors (Lipinski definition) is 0. The monoisotopic (exact) mass is 533 g/mol. The van der Waals surface area contributed by atoms with Gasteiger partial charge < -0.3 is 4.57 Å². The smallest absolute Gasteiger partial charge is 0.116 e. The number of hydrogen-bond acceptors (Lipinski definition) is 4. The highest BCUT2D eigenvalue weighted by atomic mass is 32.1. The van der Waals surface area contributed by atoms with Crippen molar-refractivity contribution in [2.45, 2.75) is 0 Å². The molecule has 4 heterocycles. The maximum Gasteiger partial charge on any atom is 0.116 e. The van der Waals surface area contributed by atoms with Gasteiger partial charge in [0.05, 0.1) is 25.9 Å². The van der Waals surface area contributed by atoms with E-state index in [9.17, 15) is 0 Å². The number of fused-ring (bicyclic) bond motifs is 12. The molecule has 0 saturated heterocycles. The van der Waals surface area contributed by atoms with Crippen LogP contribution < -0.4 is 0 Å². The average Bonchev–Trinajstić information content (AvgIpc) is 3.67. The standard InChI is InChI=1S/C34H19N3S2/c1-2-8-20(9-3-1)21-14-16-22(17-15-21)37-25-12-6-4-10-23(25)29-32(37)34-30(31-27(39-34)18-35-19-36-31)28-24-11-5-7-13-26(24)38-33(28)29/h1-19H. The first-order chi connectivity index (χ1) is 19.4. The molecule has 4 aromatic heterocycles. The van der Waals surface area contributed by atoms with Gasteiger partial charge in [-0.2, -0.15) is 0 Å². The summed E-state index contributed by atoms with van der Waals surface area (Å²) in [6, 6.07) is 37.1. The van der Waals surface area contributed by atoms with E-state index in [2.05, 4.69) is 113 Å². The van der Waals surface area contributed by atoms with Gasteiger partial charge in [0.25, 0.3) is 0 Å². The van der Waals surface area contributed by atoms with Crippen molar-refractivity contribution in [3.8, 4) is 16.8 Å². The van der Waals surface area contributed by atoms with Crippen LogP contribution in [-0.4, -0.2) is 14.5 Å². The van der Waals surface area contributed by atoms with Crippen molar-refractivity contribution in [2.24, 2.45) is 0 Å². The molecule has 0 bridgehead atoms. The number of thiophene rings is 2. The van der Waals surface area contributed by atoms with E-state index in [0.29, 0.717) is 0 Å². The summed E-state index contributed by atoms with van der Waals surface area (Å²) in [5.74, 6) is 0. The van der Waals surface area contributed by atoms with E-state index in [0.717, 1.165) is 15.9 Å². The highest BCUT2D eigenvalue weighted by Crippen LogP contribution is 2.51. The van der Waals surface area contributed by atoms with Gasteiger partial charge in [-0.05, 0) is 35.4 Å². The third kappa shape index (κ3) is 2.91. The first kappa shape index (κ1) is 21.4. The molecule has 0 fully saturated rings. The number of rotatable bonds is 2. The van der Waals surface area contributed by atoms with Gasteiger partial charge in [0.15, 0.2) is 0 Å². The third-order valence-corrected chi connectivity index (χ3v) is 10.1. The molecular weight excluding hydrogens is 515 g/mol. The van der Waals surface area contributed by atoms with Gasteiger partial charge >= 0.3 is 0 Å². The van der Waals surface area contributed by atoms with Gasteiger partial charge in [0.2, 0.25) is 0 Å². The molecule has 5 heteroatoms. The van der Waals surface area contributed by atoms with Gasteiger partial charge in [-0.3, -0.25) is 0 Å². The summed E-state index contributed by atoms with van der Waals surface area (Å²) in [6.07, 6.45) is 3.64. The molecule has 9 aromatic rings. The Morgan fingerprint density at radius 1 is 0.564 bits per heavy atom. The lowest BCUT2D eigenvalue weighted by Crippen LogP contribution is -1.94. The van der Waals surface area contributed by atoms with Crippen LogP contribution in [0.5, 0.6) is 0 Å². The third-order valence-electron chi connectivity index (χ3n) is 7.75. The predicted molar refractivity (Wildman–Crippen MR) is 168 cm³/mol. The number of nitrogens with zero attached hydrogens (tertiary/aromatic N) is 3. The Morgan fingerprint density at radius 3 is 2.15 bits per heavy atom. The zero-order chi connectivity index (χ0) is 25.5. The predicted octanol–water partition coefficient (Wildman–Crippen LogP) is 9.98. The van der Waals surface area contributed by atoms with E-state index in [1.165, 1.54) is 63.2 Å². The van der Waals surface area contributed by atoms with Crippen molar-refractivity contribution >= 4 is 85.0 Å². The molecule has 0 aliphatic heterocycles. The summed E-state index contributed by atoms with van der Waals surface area (Å²) in [7, 11) is 0. The Kier molecular flexibility index (Phi) is 4.36. The largest absolute Gasteiger partial charge is 0.308 e. The fraction of sp³-hybridized carbons (Fsp3) is 0. The summed E-state index contributed by atoms with van der Waals surface area (Å²) in [4.78, 5) is 9.18. The fourth-order valence-corrected chi connectivity index (χ4v) is 8.55. The van der Waals surface area contributed by atoms with Gasteiger partial charge in [-0.25, -0.2) is 9.97 Å². The zero-order valence-corrected chi connectivity index (χ0v) is 22.3. The molecule has 0 radical (unpaired) electrons. The molecule has 9 rings (SSSR count). The van der Waals surface area contributed by atoms with Gasteiger partial charge in [-0.1, -0.05) is 78.9 Å². The molecule has 0 N–H and O–H groups in total. The second kappa shape index (κ2) is 7.96. The lowest BCUT2D eigenvalue weighted by molar-refractivity contribution is 1.19. The molecule has 0 saturated carbocycles. The van der Waals surface area contributed by atoms with Crippen molar-refractivity contribution < 1.29 is 0 Å². The SMILES string of the molecule is c1ccc(-c2ccc(-n3c4ccccc4c4c5sc6ccccc6c5c5c6ncncc6sc5c43)cc2)cc1. The topological polar surface area (TPSA) is 30.7 Å². The maximum absolute atomic E-state index is 4.81. The Morgan fingerprint density at radius 2 is 1.28 bits per heavy atom. The quantitative estimate of drug-likeness (QED) is 0.221. The Bertz CT molecular complexity index is 2380.